The summed E-state index contributed by atoms with van der Waals surface area (Å²) >= 11 is 4.55. The number of hydrogen-bond acceptors (Lipinski definition) is 4. The van der Waals surface area contributed by atoms with Gasteiger partial charge in [-0.15, -0.1) is 0 Å². The van der Waals surface area contributed by atoms with Crippen LogP contribution < -0.4 is 0 Å². The van der Waals surface area contributed by atoms with Crippen molar-refractivity contribution in [3.63, 3.8) is 0 Å². The molecule has 2 rings (SSSR count). The normalized spacial score (nSPS) is 11.8. The number of aromatic nitrogens is 1. The number of esters is 1. The number of carbonyl (C=O) groups excluding carboxylic acids is 1. The van der Waals surface area contributed by atoms with E-state index >= 15 is 0 Å². The Balaban J connectivity index is 2.31. The quantitative estimate of drug-likeness (QED) is 0.521. The maximum absolute atomic E-state index is 11.6. The van der Waals surface area contributed by atoms with Crippen LogP contribution in [-0.4, -0.2) is 29.3 Å². The molecule has 92 valence electrons. The van der Waals surface area contributed by atoms with E-state index < -0.39 is 12.0 Å². The predicted octanol–water partition coefficient (Wildman–Crippen LogP) is 2.35. The Labute approximate surface area is 110 Å². The number of rotatable bonds is 4. The number of thiocarbonyl (C=S) groups is 1. The van der Waals surface area contributed by atoms with Gasteiger partial charge in [0.2, 0.25) is 0 Å². The fourth-order valence-corrected chi connectivity index (χ4v) is 2.02. The van der Waals surface area contributed by atoms with Crippen molar-refractivity contribution in [2.24, 2.45) is 4.99 Å². The maximum atomic E-state index is 11.6. The molecule has 0 spiro atoms. The van der Waals surface area contributed by atoms with Crippen molar-refractivity contribution in [3.05, 3.63) is 36.0 Å². The van der Waals surface area contributed by atoms with Gasteiger partial charge in [0.15, 0.2) is 6.04 Å². The maximum Gasteiger partial charge on any atom is 0.331 e. The van der Waals surface area contributed by atoms with E-state index in [9.17, 15) is 4.79 Å². The fourth-order valence-electron chi connectivity index (χ4n) is 1.89. The van der Waals surface area contributed by atoms with Crippen molar-refractivity contribution in [2.75, 3.05) is 7.11 Å². The molecule has 0 unspecified atom stereocenters. The lowest BCUT2D eigenvalue weighted by atomic mass is 10.1. The molecule has 18 heavy (non-hydrogen) atoms. The number of aromatic amines is 1. The molecule has 0 saturated carbocycles. The summed E-state index contributed by atoms with van der Waals surface area (Å²) in [6.45, 7) is 0. The first-order chi connectivity index (χ1) is 8.76. The molecular weight excluding hydrogens is 248 g/mol. The number of nitrogens with zero attached hydrogens (tertiary/aromatic N) is 1. The molecule has 5 heteroatoms. The topological polar surface area (TPSA) is 54.5 Å². The lowest BCUT2D eigenvalue weighted by Gasteiger charge is -2.07. The Morgan fingerprint density at radius 2 is 2.33 bits per heavy atom. The van der Waals surface area contributed by atoms with Gasteiger partial charge < -0.3 is 9.72 Å². The minimum Gasteiger partial charge on any atom is -0.467 e. The molecule has 2 aromatic rings. The van der Waals surface area contributed by atoms with E-state index in [0.717, 1.165) is 16.5 Å². The Morgan fingerprint density at radius 1 is 1.56 bits per heavy atom. The van der Waals surface area contributed by atoms with Gasteiger partial charge in [0.25, 0.3) is 0 Å². The lowest BCUT2D eigenvalue weighted by Crippen LogP contribution is -2.22. The van der Waals surface area contributed by atoms with Crippen molar-refractivity contribution in [1.82, 2.24) is 4.98 Å². The Hall–Kier alpha value is -1.97. The van der Waals surface area contributed by atoms with Gasteiger partial charge in [-0.25, -0.2) is 9.79 Å². The van der Waals surface area contributed by atoms with Gasteiger partial charge in [-0.05, 0) is 23.8 Å². The van der Waals surface area contributed by atoms with Crippen molar-refractivity contribution in [2.45, 2.75) is 12.5 Å². The third-order valence-corrected chi connectivity index (χ3v) is 2.88. The summed E-state index contributed by atoms with van der Waals surface area (Å²) in [6, 6.07) is 7.25. The number of benzene rings is 1. The molecule has 0 aliphatic heterocycles. The van der Waals surface area contributed by atoms with Crippen molar-refractivity contribution < 1.29 is 9.53 Å². The number of para-hydroxylation sites is 1. The summed E-state index contributed by atoms with van der Waals surface area (Å²) in [7, 11) is 1.34. The van der Waals surface area contributed by atoms with Crippen LogP contribution in [0.15, 0.2) is 35.5 Å². The van der Waals surface area contributed by atoms with Gasteiger partial charge in [-0.3, -0.25) is 0 Å². The summed E-state index contributed by atoms with van der Waals surface area (Å²) in [5, 5.41) is 3.32. The van der Waals surface area contributed by atoms with Gasteiger partial charge in [-0.1, -0.05) is 18.2 Å². The number of nitrogens with one attached hydrogen (secondary N) is 1. The average molecular weight is 260 g/mol. The molecule has 1 aromatic carbocycles. The largest absolute Gasteiger partial charge is 0.467 e. The zero-order valence-corrected chi connectivity index (χ0v) is 10.7. The van der Waals surface area contributed by atoms with Crippen LogP contribution in [0.1, 0.15) is 5.56 Å². The number of fused-ring (bicyclic) bond motifs is 1. The number of aliphatic imine (C=N–C) groups is 1. The molecule has 1 heterocycles. The molecule has 0 aliphatic rings. The van der Waals surface area contributed by atoms with Crippen LogP contribution in [0.25, 0.3) is 10.9 Å². The highest BCUT2D eigenvalue weighted by molar-refractivity contribution is 7.78. The molecule has 1 N–H and O–H groups in total. The molecular formula is C13H12N2O2S. The fraction of sp³-hybridized carbons (Fsp3) is 0.231. The van der Waals surface area contributed by atoms with E-state index in [0.29, 0.717) is 6.42 Å². The van der Waals surface area contributed by atoms with Crippen LogP contribution in [0.4, 0.5) is 0 Å². The van der Waals surface area contributed by atoms with Gasteiger partial charge in [0.05, 0.1) is 12.3 Å². The number of isothiocyanates is 1. The van der Waals surface area contributed by atoms with Crippen LogP contribution in [0.5, 0.6) is 0 Å². The standard InChI is InChI=1S/C13H12N2O2S/c1-17-13(16)12(15-8-18)6-9-7-14-11-5-3-2-4-10(9)11/h2-5,7,12,14H,6H2,1H3/t12-/m0/s1. The Kier molecular flexibility index (Phi) is 3.87. The van der Waals surface area contributed by atoms with E-state index in [-0.39, 0.29) is 0 Å². The van der Waals surface area contributed by atoms with Crippen LogP contribution in [0.3, 0.4) is 0 Å². The van der Waals surface area contributed by atoms with E-state index in [4.69, 9.17) is 4.74 Å². The molecule has 0 radical (unpaired) electrons. The molecule has 0 bridgehead atoms. The molecule has 1 atom stereocenters. The second-order valence-corrected chi connectivity index (χ2v) is 4.01. The summed E-state index contributed by atoms with van der Waals surface area (Å²) in [5.74, 6) is -0.405. The average Bonchev–Trinajstić information content (AvgIpc) is 2.81. The van der Waals surface area contributed by atoms with Crippen molar-refractivity contribution >= 4 is 34.3 Å². The number of carbonyl (C=O) groups is 1. The van der Waals surface area contributed by atoms with Crippen LogP contribution in [-0.2, 0) is 16.0 Å². The molecule has 1 aromatic heterocycles. The summed E-state index contributed by atoms with van der Waals surface area (Å²) in [4.78, 5) is 18.6. The zero-order chi connectivity index (χ0) is 13.0. The summed E-state index contributed by atoms with van der Waals surface area (Å²) < 4.78 is 4.70. The number of ether oxygens (including phenoxy) is 1. The summed E-state index contributed by atoms with van der Waals surface area (Å²) in [6.07, 6.45) is 2.32. The summed E-state index contributed by atoms with van der Waals surface area (Å²) in [5.41, 5.74) is 2.04. The first-order valence-corrected chi connectivity index (χ1v) is 5.87. The van der Waals surface area contributed by atoms with Crippen molar-refractivity contribution in [1.29, 1.82) is 0 Å². The van der Waals surface area contributed by atoms with E-state index in [1.807, 2.05) is 30.5 Å². The second kappa shape index (κ2) is 5.58. The van der Waals surface area contributed by atoms with Gasteiger partial charge in [-0.2, -0.15) is 0 Å². The molecule has 0 fully saturated rings. The van der Waals surface area contributed by atoms with Gasteiger partial charge in [0.1, 0.15) is 0 Å². The highest BCUT2D eigenvalue weighted by Gasteiger charge is 2.19. The van der Waals surface area contributed by atoms with Crippen LogP contribution in [0.2, 0.25) is 0 Å². The molecule has 0 saturated heterocycles. The Bertz CT molecular complexity index is 614. The van der Waals surface area contributed by atoms with Crippen molar-refractivity contribution in [3.8, 4) is 0 Å². The predicted molar refractivity (Wildman–Crippen MR) is 72.8 cm³/mol. The monoisotopic (exact) mass is 260 g/mol. The lowest BCUT2D eigenvalue weighted by molar-refractivity contribution is -0.142. The van der Waals surface area contributed by atoms with Crippen LogP contribution in [0, 0.1) is 0 Å². The zero-order valence-electron chi connectivity index (χ0n) is 9.84. The van der Waals surface area contributed by atoms with E-state index in [1.165, 1.54) is 7.11 Å². The third kappa shape index (κ3) is 2.47. The van der Waals surface area contributed by atoms with E-state index in [2.05, 4.69) is 27.4 Å². The highest BCUT2D eigenvalue weighted by atomic mass is 32.1. The Morgan fingerprint density at radius 3 is 3.06 bits per heavy atom. The minimum absolute atomic E-state index is 0.405. The minimum atomic E-state index is -0.633. The molecule has 0 aliphatic carbocycles. The first kappa shape index (κ1) is 12.5. The van der Waals surface area contributed by atoms with E-state index in [1.54, 1.807) is 0 Å². The second-order valence-electron chi connectivity index (χ2n) is 3.82. The third-order valence-electron chi connectivity index (χ3n) is 2.77. The highest BCUT2D eigenvalue weighted by Crippen LogP contribution is 2.20. The molecule has 0 amide bonds. The molecule has 4 nitrogen and oxygen atoms in total. The number of hydrogen-bond donors (Lipinski definition) is 1. The first-order valence-electron chi connectivity index (χ1n) is 5.46. The van der Waals surface area contributed by atoms with Gasteiger partial charge >= 0.3 is 5.97 Å². The smallest absolute Gasteiger partial charge is 0.331 e. The van der Waals surface area contributed by atoms with Gasteiger partial charge in [0, 0.05) is 23.5 Å². The van der Waals surface area contributed by atoms with Crippen LogP contribution >= 0.6 is 12.2 Å². The number of methoxy groups -OCH3 is 1. The number of H-pyrrole nitrogens is 1. The SMILES string of the molecule is COC(=O)[C@H](Cc1c[nH]c2ccccc12)N=C=S.